The lowest BCUT2D eigenvalue weighted by atomic mass is 9.99. The summed E-state index contributed by atoms with van der Waals surface area (Å²) in [7, 11) is -7.41. The van der Waals surface area contributed by atoms with Crippen LogP contribution in [0.5, 0.6) is 0 Å². The Morgan fingerprint density at radius 3 is 1.87 bits per heavy atom. The number of halogens is 10. The number of ketones is 2. The number of carbonyl (C=O) groups is 2. The summed E-state index contributed by atoms with van der Waals surface area (Å²) in [6.07, 6.45) is -7.92. The molecule has 54 heavy (non-hydrogen) atoms. The average molecular weight is 823 g/mol. The third kappa shape index (κ3) is 7.42. The summed E-state index contributed by atoms with van der Waals surface area (Å²) < 4.78 is 151. The van der Waals surface area contributed by atoms with E-state index in [1.807, 2.05) is 11.5 Å². The van der Waals surface area contributed by atoms with Gasteiger partial charge in [-0.25, -0.2) is 0 Å². The number of aromatic nitrogens is 1. The molecule has 0 radical (unpaired) electrons. The number of hydrogen-bond acceptors (Lipinski definition) is 7. The van der Waals surface area contributed by atoms with E-state index in [2.05, 4.69) is 9.44 Å². The number of benzene rings is 4. The largest absolute Gasteiger partial charge is 0.460 e. The highest BCUT2D eigenvalue weighted by Gasteiger charge is 2.86. The summed E-state index contributed by atoms with van der Waals surface area (Å²) in [5, 5.41) is -3.11. The Morgan fingerprint density at radius 1 is 0.759 bits per heavy atom. The van der Waals surface area contributed by atoms with Crippen LogP contribution in [-0.4, -0.2) is 59.3 Å². The van der Waals surface area contributed by atoms with Gasteiger partial charge in [-0.15, -0.1) is 11.8 Å². The fourth-order valence-electron chi connectivity index (χ4n) is 5.31. The molecule has 19 heteroatoms. The van der Waals surface area contributed by atoms with E-state index < -0.39 is 51.3 Å². The average Bonchev–Trinajstić information content (AvgIpc) is 3.45. The molecule has 5 aromatic rings. The molecule has 5 rings (SSSR count). The molecule has 0 spiro atoms. The first kappa shape index (κ1) is 40.6. The second-order valence-corrected chi connectivity index (χ2v) is 14.7. The third-order valence-corrected chi connectivity index (χ3v) is 10.5. The van der Waals surface area contributed by atoms with Gasteiger partial charge in [0.2, 0.25) is 5.78 Å². The van der Waals surface area contributed by atoms with E-state index in [-0.39, 0.29) is 22.7 Å². The van der Waals surface area contributed by atoms with Gasteiger partial charge in [0.1, 0.15) is 5.71 Å². The number of nitrogens with zero attached hydrogens (tertiary/aromatic N) is 2. The fourth-order valence-corrected chi connectivity index (χ4v) is 7.02. The molecule has 0 bridgehead atoms. The maximum atomic E-state index is 14.4. The topological polar surface area (TPSA) is 94.8 Å². The van der Waals surface area contributed by atoms with Crippen molar-refractivity contribution in [3.63, 3.8) is 0 Å². The van der Waals surface area contributed by atoms with Crippen LogP contribution in [0.1, 0.15) is 39.6 Å². The van der Waals surface area contributed by atoms with Gasteiger partial charge in [-0.05, 0) is 67.6 Å². The molecule has 4 aromatic carbocycles. The number of hydrogen-bond donors (Lipinski definition) is 0. The lowest BCUT2D eigenvalue weighted by Gasteiger charge is -2.31. The van der Waals surface area contributed by atoms with Crippen LogP contribution in [0.15, 0.2) is 101 Å². The van der Waals surface area contributed by atoms with Gasteiger partial charge in [0.15, 0.2) is 5.78 Å². The monoisotopic (exact) mass is 822 g/mol. The minimum absolute atomic E-state index is 0.170. The quantitative estimate of drug-likeness (QED) is 0.0364. The summed E-state index contributed by atoms with van der Waals surface area (Å²) in [6, 6.07) is 23.3. The molecule has 0 unspecified atom stereocenters. The summed E-state index contributed by atoms with van der Waals surface area (Å²) in [4.78, 5) is 27.6. The first-order valence-electron chi connectivity index (χ1n) is 15.4. The molecule has 1 heterocycles. The Kier molecular flexibility index (Phi) is 11.2. The maximum absolute atomic E-state index is 14.4. The van der Waals surface area contributed by atoms with Crippen molar-refractivity contribution in [2.75, 3.05) is 5.75 Å². The summed E-state index contributed by atoms with van der Waals surface area (Å²) >= 11 is 6.87. The lowest BCUT2D eigenvalue weighted by Crippen LogP contribution is -2.63. The molecule has 0 fully saturated rings. The first-order valence-corrected chi connectivity index (χ1v) is 18.2. The number of rotatable bonds is 14. The van der Waals surface area contributed by atoms with Crippen LogP contribution in [0.3, 0.4) is 0 Å². The van der Waals surface area contributed by atoms with E-state index in [9.17, 15) is 57.5 Å². The van der Waals surface area contributed by atoms with E-state index in [4.69, 9.17) is 11.6 Å². The molecule has 0 N–H and O–H groups in total. The van der Waals surface area contributed by atoms with Crippen LogP contribution in [0.2, 0.25) is 5.02 Å². The van der Waals surface area contributed by atoms with Gasteiger partial charge < -0.3 is 4.57 Å². The van der Waals surface area contributed by atoms with Crippen LogP contribution in [-0.2, 0) is 20.9 Å². The molecule has 0 saturated heterocycles. The van der Waals surface area contributed by atoms with E-state index in [0.717, 1.165) is 11.8 Å². The Morgan fingerprint density at radius 2 is 1.31 bits per heavy atom. The van der Waals surface area contributed by atoms with Crippen molar-refractivity contribution in [2.24, 2.45) is 5.16 Å². The van der Waals surface area contributed by atoms with E-state index in [0.29, 0.717) is 43.8 Å². The molecule has 0 aliphatic rings. The zero-order chi connectivity index (χ0) is 39.9. The summed E-state index contributed by atoms with van der Waals surface area (Å²) in [5.41, 5.74) is 0.619. The van der Waals surface area contributed by atoms with Crippen LogP contribution < -0.4 is 0 Å². The lowest BCUT2D eigenvalue weighted by molar-refractivity contribution is -0.382. The van der Waals surface area contributed by atoms with E-state index >= 15 is 0 Å². The van der Waals surface area contributed by atoms with Crippen molar-refractivity contribution >= 4 is 72.6 Å². The van der Waals surface area contributed by atoms with Crippen LogP contribution >= 0.6 is 23.4 Å². The van der Waals surface area contributed by atoms with Gasteiger partial charge in [-0.2, -0.15) is 47.9 Å². The number of carbonyl (C=O) groups excluding carboxylic acids is 2. The van der Waals surface area contributed by atoms with Crippen molar-refractivity contribution in [3.8, 4) is 0 Å². The zero-order valence-electron chi connectivity index (χ0n) is 27.3. The Bertz CT molecular complexity index is 2370. The standard InChI is InChI=1S/C35H24ClF9N2O5S2/c1-2-47-28-14-8-21(30(48)20-6-4-3-5-7-20)18-25(28)26-19-22(9-15-29(26)47)31(49)27(16-17-53-24-12-10-23(36)11-13-24)46-52-54(50,51)35(44,45)33(39,40)32(37,38)34(41,42)43/h3-15,18-19H,2,16-17H2,1H3/b46-27+. The molecule has 1 aromatic heterocycles. The smallest absolute Gasteiger partial charge is 0.341 e. The van der Waals surface area contributed by atoms with Crippen LogP contribution in [0.4, 0.5) is 39.5 Å². The Labute approximate surface area is 309 Å². The highest BCUT2D eigenvalue weighted by Crippen LogP contribution is 2.55. The third-order valence-electron chi connectivity index (χ3n) is 8.10. The molecule has 0 saturated carbocycles. The number of Topliss-reactive ketones (excluding diaryl/α,β-unsaturated/α-hetero) is 1. The normalized spacial score (nSPS) is 13.4. The van der Waals surface area contributed by atoms with Gasteiger partial charge in [-0.3, -0.25) is 13.9 Å². The predicted molar refractivity (Wildman–Crippen MR) is 184 cm³/mol. The van der Waals surface area contributed by atoms with Crippen molar-refractivity contribution in [2.45, 2.75) is 48.1 Å². The molecule has 0 aliphatic heterocycles. The van der Waals surface area contributed by atoms with Crippen molar-refractivity contribution in [3.05, 3.63) is 113 Å². The second-order valence-electron chi connectivity index (χ2n) is 11.5. The van der Waals surface area contributed by atoms with Gasteiger partial charge in [0, 0.05) is 67.1 Å². The minimum Gasteiger partial charge on any atom is -0.341 e. The minimum atomic E-state index is -7.57. The van der Waals surface area contributed by atoms with Crippen molar-refractivity contribution in [1.82, 2.24) is 4.57 Å². The number of alkyl halides is 9. The summed E-state index contributed by atoms with van der Waals surface area (Å²) in [6.45, 7) is 2.25. The van der Waals surface area contributed by atoms with Gasteiger partial charge in [0.25, 0.3) is 0 Å². The maximum Gasteiger partial charge on any atom is 0.460 e. The Balaban J connectivity index is 1.55. The highest BCUT2D eigenvalue weighted by atomic mass is 35.5. The molecule has 0 atom stereocenters. The molecule has 0 amide bonds. The van der Waals surface area contributed by atoms with E-state index in [1.165, 1.54) is 30.3 Å². The fraction of sp³-hybridized carbons (Fsp3) is 0.229. The highest BCUT2D eigenvalue weighted by molar-refractivity contribution is 7.99. The Hall–Kier alpha value is -4.55. The SMILES string of the molecule is CCn1c2ccc(C(=O)/C(CCSc3ccc(Cl)cc3)=N/OS(=O)(=O)C(F)(F)C(F)(F)C(F)(F)C(F)(F)F)cc2c2cc(C(=O)c3ccccc3)ccc21. The van der Waals surface area contributed by atoms with E-state index in [1.54, 1.807) is 60.7 Å². The van der Waals surface area contributed by atoms with Crippen molar-refractivity contribution in [1.29, 1.82) is 0 Å². The van der Waals surface area contributed by atoms with Gasteiger partial charge in [-0.1, -0.05) is 47.1 Å². The number of thioether (sulfide) groups is 1. The molecular weight excluding hydrogens is 799 g/mol. The first-order chi connectivity index (χ1) is 25.1. The molecule has 7 nitrogen and oxygen atoms in total. The predicted octanol–water partition coefficient (Wildman–Crippen LogP) is 10.2. The number of oxime groups is 1. The number of fused-ring (bicyclic) bond motifs is 3. The van der Waals surface area contributed by atoms with Gasteiger partial charge in [0.05, 0.1) is 0 Å². The van der Waals surface area contributed by atoms with Gasteiger partial charge >= 0.3 is 33.4 Å². The molecule has 0 aliphatic carbocycles. The molecule has 286 valence electrons. The van der Waals surface area contributed by atoms with Crippen LogP contribution in [0, 0.1) is 0 Å². The van der Waals surface area contributed by atoms with Crippen LogP contribution in [0.25, 0.3) is 21.8 Å². The molecular formula is C35H24ClF9N2O5S2. The summed E-state index contributed by atoms with van der Waals surface area (Å²) in [5.74, 6) is -16.8. The second kappa shape index (κ2) is 14.9. The van der Waals surface area contributed by atoms with Crippen molar-refractivity contribution < 1.29 is 61.8 Å². The number of aryl methyl sites for hydroxylation is 1. The zero-order valence-corrected chi connectivity index (χ0v) is 29.7.